The molecule has 2 N–H and O–H groups in total. The second kappa shape index (κ2) is 5.23. The van der Waals surface area contributed by atoms with E-state index in [2.05, 4.69) is 29.2 Å². The first-order valence-electron chi connectivity index (χ1n) is 5.44. The Morgan fingerprint density at radius 1 is 1.25 bits per heavy atom. The zero-order chi connectivity index (χ0) is 11.4. The lowest BCUT2D eigenvalue weighted by atomic mass is 10.0. The highest BCUT2D eigenvalue weighted by Crippen LogP contribution is 2.15. The SMILES string of the molecule is Cc1ncsc1CC(N)Cc1ccccc1. The normalized spacial score (nSPS) is 12.6. The van der Waals surface area contributed by atoms with E-state index < -0.39 is 0 Å². The molecule has 2 nitrogen and oxygen atoms in total. The van der Waals surface area contributed by atoms with Gasteiger partial charge in [-0.3, -0.25) is 0 Å². The number of aryl methyl sites for hydroxylation is 1. The van der Waals surface area contributed by atoms with E-state index in [0.717, 1.165) is 18.5 Å². The van der Waals surface area contributed by atoms with Crippen molar-refractivity contribution in [3.63, 3.8) is 0 Å². The third-order valence-corrected chi connectivity index (χ3v) is 3.59. The zero-order valence-corrected chi connectivity index (χ0v) is 10.2. The van der Waals surface area contributed by atoms with E-state index in [9.17, 15) is 0 Å². The summed E-state index contributed by atoms with van der Waals surface area (Å²) in [7, 11) is 0. The molecular weight excluding hydrogens is 216 g/mol. The summed E-state index contributed by atoms with van der Waals surface area (Å²) in [6.07, 6.45) is 1.85. The average Bonchev–Trinajstić information content (AvgIpc) is 2.66. The van der Waals surface area contributed by atoms with E-state index in [1.165, 1.54) is 10.4 Å². The monoisotopic (exact) mass is 232 g/mol. The molecular formula is C13H16N2S. The van der Waals surface area contributed by atoms with Gasteiger partial charge in [0.05, 0.1) is 11.2 Å². The van der Waals surface area contributed by atoms with Gasteiger partial charge in [0.25, 0.3) is 0 Å². The Bertz CT molecular complexity index is 436. The summed E-state index contributed by atoms with van der Waals surface area (Å²) in [5.74, 6) is 0. The van der Waals surface area contributed by atoms with Crippen molar-refractivity contribution < 1.29 is 0 Å². The number of nitrogens with two attached hydrogens (primary N) is 1. The molecule has 0 fully saturated rings. The molecule has 84 valence electrons. The number of nitrogens with zero attached hydrogens (tertiary/aromatic N) is 1. The predicted octanol–water partition coefficient (Wildman–Crippen LogP) is 2.56. The van der Waals surface area contributed by atoms with Crippen LogP contribution in [0.5, 0.6) is 0 Å². The fourth-order valence-electron chi connectivity index (χ4n) is 1.75. The molecule has 0 radical (unpaired) electrons. The quantitative estimate of drug-likeness (QED) is 0.880. The van der Waals surface area contributed by atoms with Crippen molar-refractivity contribution in [3.8, 4) is 0 Å². The summed E-state index contributed by atoms with van der Waals surface area (Å²) in [6, 6.07) is 10.6. The minimum atomic E-state index is 0.182. The Balaban J connectivity index is 1.95. The first-order valence-corrected chi connectivity index (χ1v) is 6.32. The number of aromatic nitrogens is 1. The molecule has 1 aromatic carbocycles. The van der Waals surface area contributed by atoms with Crippen LogP contribution in [0, 0.1) is 6.92 Å². The van der Waals surface area contributed by atoms with Crippen LogP contribution in [0.4, 0.5) is 0 Å². The predicted molar refractivity (Wildman–Crippen MR) is 68.7 cm³/mol. The van der Waals surface area contributed by atoms with Gasteiger partial charge < -0.3 is 5.73 Å². The van der Waals surface area contributed by atoms with E-state index in [1.807, 2.05) is 18.5 Å². The van der Waals surface area contributed by atoms with Gasteiger partial charge in [0, 0.05) is 10.9 Å². The van der Waals surface area contributed by atoms with E-state index in [1.54, 1.807) is 11.3 Å². The third kappa shape index (κ3) is 2.90. The van der Waals surface area contributed by atoms with Crippen LogP contribution in [0.15, 0.2) is 35.8 Å². The van der Waals surface area contributed by atoms with Crippen molar-refractivity contribution in [1.82, 2.24) is 4.98 Å². The molecule has 0 aliphatic rings. The van der Waals surface area contributed by atoms with Crippen molar-refractivity contribution in [2.45, 2.75) is 25.8 Å². The lowest BCUT2D eigenvalue weighted by Gasteiger charge is -2.10. The fourth-order valence-corrected chi connectivity index (χ4v) is 2.62. The maximum atomic E-state index is 6.14. The smallest absolute Gasteiger partial charge is 0.0797 e. The minimum absolute atomic E-state index is 0.182. The van der Waals surface area contributed by atoms with Gasteiger partial charge in [0.15, 0.2) is 0 Å². The molecule has 3 heteroatoms. The van der Waals surface area contributed by atoms with Crippen LogP contribution in [0.2, 0.25) is 0 Å². The number of hydrogen-bond acceptors (Lipinski definition) is 3. The Hall–Kier alpha value is -1.19. The van der Waals surface area contributed by atoms with Crippen molar-refractivity contribution in [1.29, 1.82) is 0 Å². The molecule has 0 saturated heterocycles. The molecule has 0 spiro atoms. The average molecular weight is 232 g/mol. The Morgan fingerprint density at radius 3 is 2.62 bits per heavy atom. The molecule has 0 aliphatic heterocycles. The largest absolute Gasteiger partial charge is 0.327 e. The van der Waals surface area contributed by atoms with Gasteiger partial charge in [0.1, 0.15) is 0 Å². The maximum Gasteiger partial charge on any atom is 0.0797 e. The van der Waals surface area contributed by atoms with Crippen molar-refractivity contribution in [3.05, 3.63) is 52.0 Å². The Labute approximate surface area is 100 Å². The van der Waals surface area contributed by atoms with E-state index in [0.29, 0.717) is 0 Å². The van der Waals surface area contributed by atoms with Crippen molar-refractivity contribution >= 4 is 11.3 Å². The van der Waals surface area contributed by atoms with Crippen LogP contribution in [-0.2, 0) is 12.8 Å². The molecule has 1 aromatic heterocycles. The Kier molecular flexibility index (Phi) is 3.70. The van der Waals surface area contributed by atoms with Gasteiger partial charge in [-0.05, 0) is 25.3 Å². The minimum Gasteiger partial charge on any atom is -0.327 e. The van der Waals surface area contributed by atoms with Gasteiger partial charge in [0.2, 0.25) is 0 Å². The maximum absolute atomic E-state index is 6.14. The van der Waals surface area contributed by atoms with Gasteiger partial charge >= 0.3 is 0 Å². The van der Waals surface area contributed by atoms with Gasteiger partial charge in [-0.15, -0.1) is 11.3 Å². The Morgan fingerprint density at radius 2 is 2.00 bits per heavy atom. The number of thiazole rings is 1. The van der Waals surface area contributed by atoms with Crippen LogP contribution in [0.1, 0.15) is 16.1 Å². The van der Waals surface area contributed by atoms with Crippen LogP contribution in [0.25, 0.3) is 0 Å². The van der Waals surface area contributed by atoms with E-state index in [4.69, 9.17) is 5.73 Å². The molecule has 0 aliphatic carbocycles. The number of hydrogen-bond donors (Lipinski definition) is 1. The molecule has 16 heavy (non-hydrogen) atoms. The van der Waals surface area contributed by atoms with Crippen LogP contribution in [-0.4, -0.2) is 11.0 Å². The van der Waals surface area contributed by atoms with Crippen molar-refractivity contribution in [2.75, 3.05) is 0 Å². The summed E-state index contributed by atoms with van der Waals surface area (Å²) >= 11 is 1.70. The molecule has 0 saturated carbocycles. The first kappa shape index (κ1) is 11.3. The fraction of sp³-hybridized carbons (Fsp3) is 0.308. The van der Waals surface area contributed by atoms with Crippen LogP contribution in [0.3, 0.4) is 0 Å². The highest BCUT2D eigenvalue weighted by molar-refractivity contribution is 7.09. The van der Waals surface area contributed by atoms with E-state index in [-0.39, 0.29) is 6.04 Å². The molecule has 2 aromatic rings. The topological polar surface area (TPSA) is 38.9 Å². The molecule has 1 atom stereocenters. The summed E-state index contributed by atoms with van der Waals surface area (Å²) < 4.78 is 0. The third-order valence-electron chi connectivity index (χ3n) is 2.63. The molecule has 2 rings (SSSR count). The summed E-state index contributed by atoms with van der Waals surface area (Å²) in [6.45, 7) is 2.04. The molecule has 1 heterocycles. The molecule has 0 bridgehead atoms. The second-order valence-corrected chi connectivity index (χ2v) is 4.95. The zero-order valence-electron chi connectivity index (χ0n) is 9.39. The van der Waals surface area contributed by atoms with Crippen LogP contribution < -0.4 is 5.73 Å². The van der Waals surface area contributed by atoms with Gasteiger partial charge in [-0.25, -0.2) is 4.98 Å². The summed E-state index contributed by atoms with van der Waals surface area (Å²) in [5.41, 5.74) is 10.5. The lowest BCUT2D eigenvalue weighted by molar-refractivity contribution is 0.668. The lowest BCUT2D eigenvalue weighted by Crippen LogP contribution is -2.25. The standard InChI is InChI=1S/C13H16N2S/c1-10-13(16-9-15-10)8-12(14)7-11-5-3-2-4-6-11/h2-6,9,12H,7-8,14H2,1H3. The number of benzene rings is 1. The summed E-state index contributed by atoms with van der Waals surface area (Å²) in [4.78, 5) is 5.55. The van der Waals surface area contributed by atoms with Crippen LogP contribution >= 0.6 is 11.3 Å². The number of rotatable bonds is 4. The molecule has 0 amide bonds. The molecule has 1 unspecified atom stereocenters. The summed E-state index contributed by atoms with van der Waals surface area (Å²) in [5, 5.41) is 0. The highest BCUT2D eigenvalue weighted by atomic mass is 32.1. The van der Waals surface area contributed by atoms with E-state index >= 15 is 0 Å². The van der Waals surface area contributed by atoms with Crippen molar-refractivity contribution in [2.24, 2.45) is 5.73 Å². The first-order chi connectivity index (χ1) is 7.75. The highest BCUT2D eigenvalue weighted by Gasteiger charge is 2.08. The van der Waals surface area contributed by atoms with Gasteiger partial charge in [-0.1, -0.05) is 30.3 Å². The second-order valence-electron chi connectivity index (χ2n) is 4.01. The van der Waals surface area contributed by atoms with Gasteiger partial charge in [-0.2, -0.15) is 0 Å².